The summed E-state index contributed by atoms with van der Waals surface area (Å²) in [7, 11) is 0. The molecule has 1 saturated heterocycles. The number of rotatable bonds is 2. The Hall–Kier alpha value is 0.270. The lowest BCUT2D eigenvalue weighted by molar-refractivity contribution is 0.294. The molecule has 1 aliphatic rings. The van der Waals surface area contributed by atoms with Gasteiger partial charge in [0.05, 0.1) is 12.7 Å². The van der Waals surface area contributed by atoms with Crippen LogP contribution in [0.25, 0.3) is 0 Å². The summed E-state index contributed by atoms with van der Waals surface area (Å²) in [5.41, 5.74) is 0. The number of hydrogen-bond acceptors (Lipinski definition) is 3. The average molecular weight is 120 g/mol. The van der Waals surface area contributed by atoms with Gasteiger partial charge < -0.3 is 8.92 Å². The summed E-state index contributed by atoms with van der Waals surface area (Å²) in [5.74, 6) is 0. The highest BCUT2D eigenvalue weighted by Gasteiger charge is 2.33. The van der Waals surface area contributed by atoms with Gasteiger partial charge in [0.15, 0.2) is 0 Å². The molecule has 3 heteroatoms. The van der Waals surface area contributed by atoms with Crippen molar-refractivity contribution in [3.63, 3.8) is 0 Å². The fourth-order valence-corrected chi connectivity index (χ4v) is 0.626. The van der Waals surface area contributed by atoms with E-state index in [-0.39, 0.29) is 0 Å². The second-order valence-corrected chi connectivity index (χ2v) is 1.93. The Bertz CT molecular complexity index is 66.7. The van der Waals surface area contributed by atoms with E-state index < -0.39 is 0 Å². The number of ether oxygens (including phenoxy) is 1. The summed E-state index contributed by atoms with van der Waals surface area (Å²) in [6.07, 6.45) is 0.713. The highest BCUT2D eigenvalue weighted by Crippen LogP contribution is 2.20. The molecule has 1 fully saturated rings. The third kappa shape index (κ3) is 1.33. The van der Waals surface area contributed by atoms with Crippen LogP contribution in [-0.2, 0) is 8.92 Å². The molecule has 0 aliphatic carbocycles. The van der Waals surface area contributed by atoms with Gasteiger partial charge in [-0.2, -0.15) is 0 Å². The molecule has 0 radical (unpaired) electrons. The van der Waals surface area contributed by atoms with E-state index in [9.17, 15) is 0 Å². The molecule has 0 N–H and O–H groups in total. The van der Waals surface area contributed by atoms with Crippen molar-refractivity contribution in [1.29, 1.82) is 0 Å². The second-order valence-electron chi connectivity index (χ2n) is 1.68. The summed E-state index contributed by atoms with van der Waals surface area (Å²) >= 11 is 3.56. The van der Waals surface area contributed by atoms with Crippen LogP contribution in [0.4, 0.5) is 0 Å². The molecule has 0 spiro atoms. The van der Waals surface area contributed by atoms with Crippen molar-refractivity contribution in [2.75, 3.05) is 6.61 Å². The topological polar surface area (TPSA) is 21.8 Å². The zero-order chi connectivity index (χ0) is 5.28. The average Bonchev–Trinajstić information content (AvgIpc) is 2.22. The third-order valence-corrected chi connectivity index (χ3v) is 1.22. The first-order valence-electron chi connectivity index (χ1n) is 2.26. The molecule has 2 nitrogen and oxygen atoms in total. The fourth-order valence-electron chi connectivity index (χ4n) is 0.479. The molecule has 0 amide bonds. The van der Waals surface area contributed by atoms with Crippen molar-refractivity contribution < 1.29 is 8.92 Å². The van der Waals surface area contributed by atoms with Crippen molar-refractivity contribution in [2.24, 2.45) is 0 Å². The van der Waals surface area contributed by atoms with E-state index in [4.69, 9.17) is 4.74 Å². The lowest BCUT2D eigenvalue weighted by atomic mass is 10.4. The number of epoxide rings is 1. The van der Waals surface area contributed by atoms with Gasteiger partial charge in [0.1, 0.15) is 6.10 Å². The van der Waals surface area contributed by atoms with Crippen LogP contribution in [0.1, 0.15) is 6.92 Å². The molecule has 0 aromatic heterocycles. The molecule has 2 atom stereocenters. The summed E-state index contributed by atoms with van der Waals surface area (Å²) < 4.78 is 9.49. The first-order chi connectivity index (χ1) is 3.34. The van der Waals surface area contributed by atoms with Gasteiger partial charge in [-0.05, 0) is 19.8 Å². The van der Waals surface area contributed by atoms with Gasteiger partial charge >= 0.3 is 0 Å². The second kappa shape index (κ2) is 2.03. The monoisotopic (exact) mass is 120 g/mol. The molecule has 0 aromatic rings. The van der Waals surface area contributed by atoms with Crippen molar-refractivity contribution >= 4 is 12.9 Å². The molecule has 0 saturated carbocycles. The molecule has 1 aliphatic heterocycles. The Labute approximate surface area is 48.4 Å². The van der Waals surface area contributed by atoms with Gasteiger partial charge in [-0.3, -0.25) is 0 Å². The molecule has 0 bridgehead atoms. The van der Waals surface area contributed by atoms with E-state index in [2.05, 4.69) is 17.1 Å². The summed E-state index contributed by atoms with van der Waals surface area (Å²) in [5, 5.41) is 0. The molecule has 42 valence electrons. The largest absolute Gasteiger partial charge is 0.367 e. The minimum Gasteiger partial charge on any atom is -0.367 e. The zero-order valence-electron chi connectivity index (χ0n) is 4.13. The lowest BCUT2D eigenvalue weighted by Gasteiger charge is -1.84. The first kappa shape index (κ1) is 5.41. The number of hydrogen-bond donors (Lipinski definition) is 1. The smallest absolute Gasteiger partial charge is 0.108 e. The normalized spacial score (nSPS) is 38.6. The van der Waals surface area contributed by atoms with Gasteiger partial charge in [-0.25, -0.2) is 0 Å². The third-order valence-electron chi connectivity index (χ3n) is 1.08. The van der Waals surface area contributed by atoms with Crippen LogP contribution in [0.15, 0.2) is 0 Å². The summed E-state index contributed by atoms with van der Waals surface area (Å²) in [6, 6.07) is 0. The van der Waals surface area contributed by atoms with Crippen molar-refractivity contribution in [3.8, 4) is 0 Å². The Morgan fingerprint density at radius 3 is 2.57 bits per heavy atom. The molecule has 1 heterocycles. The molecule has 0 aromatic carbocycles. The van der Waals surface area contributed by atoms with Gasteiger partial charge in [-0.1, -0.05) is 0 Å². The predicted molar refractivity (Wildman–Crippen MR) is 29.3 cm³/mol. The lowest BCUT2D eigenvalue weighted by Crippen LogP contribution is -1.95. The van der Waals surface area contributed by atoms with Crippen LogP contribution in [-0.4, -0.2) is 18.8 Å². The van der Waals surface area contributed by atoms with E-state index in [1.807, 2.05) is 6.92 Å². The highest BCUT2D eigenvalue weighted by molar-refractivity contribution is 7.75. The molecule has 2 unspecified atom stereocenters. The van der Waals surface area contributed by atoms with E-state index >= 15 is 0 Å². The Morgan fingerprint density at radius 2 is 2.43 bits per heavy atom. The van der Waals surface area contributed by atoms with Crippen LogP contribution in [0.2, 0.25) is 0 Å². The Balaban J connectivity index is 1.98. The predicted octanol–water partition coefficient (Wildman–Crippen LogP) is 0.635. The van der Waals surface area contributed by atoms with Gasteiger partial charge in [0, 0.05) is 0 Å². The van der Waals surface area contributed by atoms with Crippen molar-refractivity contribution in [1.82, 2.24) is 0 Å². The summed E-state index contributed by atoms with van der Waals surface area (Å²) in [6.45, 7) is 2.63. The van der Waals surface area contributed by atoms with E-state index in [1.54, 1.807) is 0 Å². The van der Waals surface area contributed by atoms with E-state index in [0.29, 0.717) is 18.8 Å². The minimum absolute atomic E-state index is 0.317. The van der Waals surface area contributed by atoms with Crippen molar-refractivity contribution in [3.05, 3.63) is 0 Å². The molecular weight excluding hydrogens is 112 g/mol. The van der Waals surface area contributed by atoms with Crippen molar-refractivity contribution in [2.45, 2.75) is 19.1 Å². The van der Waals surface area contributed by atoms with Crippen LogP contribution in [0.5, 0.6) is 0 Å². The van der Waals surface area contributed by atoms with Gasteiger partial charge in [0.2, 0.25) is 0 Å². The maximum absolute atomic E-state index is 4.98. The summed E-state index contributed by atoms with van der Waals surface area (Å²) in [4.78, 5) is 0. The minimum atomic E-state index is 0.317. The van der Waals surface area contributed by atoms with Gasteiger partial charge in [-0.15, -0.1) is 0 Å². The molecular formula is C4H8O2S. The van der Waals surface area contributed by atoms with Crippen LogP contribution in [0, 0.1) is 0 Å². The van der Waals surface area contributed by atoms with Crippen LogP contribution >= 0.6 is 12.9 Å². The van der Waals surface area contributed by atoms with Crippen LogP contribution < -0.4 is 0 Å². The first-order valence-corrected chi connectivity index (χ1v) is 2.63. The van der Waals surface area contributed by atoms with E-state index in [1.165, 1.54) is 0 Å². The highest BCUT2D eigenvalue weighted by atomic mass is 32.1. The molecule has 7 heavy (non-hydrogen) atoms. The number of thiol groups is 1. The maximum Gasteiger partial charge on any atom is 0.108 e. The Morgan fingerprint density at radius 1 is 1.86 bits per heavy atom. The fraction of sp³-hybridized carbons (Fsp3) is 1.00. The quantitative estimate of drug-likeness (QED) is 0.328. The maximum atomic E-state index is 4.98. The molecule has 1 rings (SSSR count). The standard InChI is InChI=1S/C4H8O2S/c1-3-4(6-3)2-5-7/h3-4,7H,2H2,1H3. The van der Waals surface area contributed by atoms with E-state index in [0.717, 1.165) is 0 Å². The SMILES string of the molecule is CC1OC1COS. The zero-order valence-corrected chi connectivity index (χ0v) is 5.02. The van der Waals surface area contributed by atoms with Crippen LogP contribution in [0.3, 0.4) is 0 Å². The Kier molecular flexibility index (Phi) is 1.57. The van der Waals surface area contributed by atoms with Gasteiger partial charge in [0.25, 0.3) is 0 Å².